The maximum Gasteiger partial charge on any atom is 0.303 e. The van der Waals surface area contributed by atoms with Gasteiger partial charge in [-0.3, -0.25) is 4.79 Å². The number of aryl methyl sites for hydroxylation is 1. The Balaban J connectivity index is 1.88. The van der Waals surface area contributed by atoms with Gasteiger partial charge in [0.25, 0.3) is 0 Å². The molecule has 0 aromatic carbocycles. The molecule has 1 heterocycles. The van der Waals surface area contributed by atoms with Crippen LogP contribution in [0.1, 0.15) is 42.2 Å². The van der Waals surface area contributed by atoms with Crippen LogP contribution in [-0.2, 0) is 11.2 Å². The summed E-state index contributed by atoms with van der Waals surface area (Å²) in [7, 11) is 0. The van der Waals surface area contributed by atoms with Crippen molar-refractivity contribution in [2.45, 2.75) is 38.1 Å². The largest absolute Gasteiger partial charge is 0.481 e. The minimum absolute atomic E-state index is 0.233. The number of rotatable bonds is 5. The number of aliphatic carboxylic acids is 1. The molecule has 2 rings (SSSR count). The van der Waals surface area contributed by atoms with Gasteiger partial charge in [0.05, 0.1) is 4.34 Å². The van der Waals surface area contributed by atoms with Crippen LogP contribution >= 0.6 is 22.9 Å². The van der Waals surface area contributed by atoms with E-state index in [1.807, 2.05) is 0 Å². The molecule has 2 N–H and O–H groups in total. The van der Waals surface area contributed by atoms with Crippen molar-refractivity contribution in [2.24, 2.45) is 0 Å². The molecule has 0 radical (unpaired) electrons. The molecule has 1 unspecified atom stereocenters. The standard InChI is InChI=1S/C12H16ClNO2S/c13-11-7-8-9(3-1-4-10(8)17-11)14-6-2-5-12(15)16/h7,9,14H,1-6H2,(H,15,16). The summed E-state index contributed by atoms with van der Waals surface area (Å²) in [4.78, 5) is 11.8. The average Bonchev–Trinajstić information content (AvgIpc) is 2.65. The van der Waals surface area contributed by atoms with E-state index in [0.717, 1.165) is 23.7 Å². The molecule has 94 valence electrons. The zero-order valence-corrected chi connectivity index (χ0v) is 11.1. The fourth-order valence-corrected chi connectivity index (χ4v) is 3.63. The molecule has 5 heteroatoms. The van der Waals surface area contributed by atoms with Crippen molar-refractivity contribution in [3.63, 3.8) is 0 Å². The first kappa shape index (κ1) is 12.9. The fraction of sp³-hybridized carbons (Fsp3) is 0.583. The van der Waals surface area contributed by atoms with E-state index in [4.69, 9.17) is 16.7 Å². The van der Waals surface area contributed by atoms with Gasteiger partial charge >= 0.3 is 5.97 Å². The van der Waals surface area contributed by atoms with Crippen molar-refractivity contribution in [1.29, 1.82) is 0 Å². The third kappa shape index (κ3) is 3.44. The monoisotopic (exact) mass is 273 g/mol. The van der Waals surface area contributed by atoms with Gasteiger partial charge in [0.2, 0.25) is 0 Å². The lowest BCUT2D eigenvalue weighted by Gasteiger charge is -2.23. The summed E-state index contributed by atoms with van der Waals surface area (Å²) in [6.07, 6.45) is 4.34. The molecular weight excluding hydrogens is 258 g/mol. The number of fused-ring (bicyclic) bond motifs is 1. The number of thiophene rings is 1. The van der Waals surface area contributed by atoms with E-state index in [1.54, 1.807) is 11.3 Å². The van der Waals surface area contributed by atoms with Gasteiger partial charge in [0.15, 0.2) is 0 Å². The Morgan fingerprint density at radius 3 is 3.24 bits per heavy atom. The summed E-state index contributed by atoms with van der Waals surface area (Å²) in [6, 6.07) is 2.41. The van der Waals surface area contributed by atoms with Crippen LogP contribution in [0.5, 0.6) is 0 Å². The maximum absolute atomic E-state index is 10.4. The van der Waals surface area contributed by atoms with Gasteiger partial charge in [0, 0.05) is 17.3 Å². The molecule has 1 aromatic rings. The van der Waals surface area contributed by atoms with Crippen LogP contribution in [0.2, 0.25) is 4.34 Å². The van der Waals surface area contributed by atoms with Crippen LogP contribution in [0.4, 0.5) is 0 Å². The molecule has 3 nitrogen and oxygen atoms in total. The molecule has 17 heavy (non-hydrogen) atoms. The third-order valence-corrected chi connectivity index (χ3v) is 4.38. The smallest absolute Gasteiger partial charge is 0.303 e. The molecule has 0 aliphatic heterocycles. The number of nitrogens with one attached hydrogen (secondary N) is 1. The van der Waals surface area contributed by atoms with Crippen molar-refractivity contribution in [2.75, 3.05) is 6.54 Å². The van der Waals surface area contributed by atoms with Crippen molar-refractivity contribution in [3.05, 3.63) is 20.8 Å². The van der Waals surface area contributed by atoms with Crippen LogP contribution in [0.15, 0.2) is 6.07 Å². The molecule has 1 aromatic heterocycles. The molecule has 1 aliphatic carbocycles. The molecule has 1 atom stereocenters. The number of hydrogen-bond acceptors (Lipinski definition) is 3. The van der Waals surface area contributed by atoms with Crippen molar-refractivity contribution in [1.82, 2.24) is 5.32 Å². The van der Waals surface area contributed by atoms with Gasteiger partial charge in [-0.25, -0.2) is 0 Å². The molecule has 1 aliphatic rings. The van der Waals surface area contributed by atoms with Crippen LogP contribution in [0.3, 0.4) is 0 Å². The average molecular weight is 274 g/mol. The van der Waals surface area contributed by atoms with E-state index in [9.17, 15) is 4.79 Å². The minimum Gasteiger partial charge on any atom is -0.481 e. The van der Waals surface area contributed by atoms with Crippen molar-refractivity contribution >= 4 is 28.9 Å². The van der Waals surface area contributed by atoms with Gasteiger partial charge in [-0.15, -0.1) is 11.3 Å². The number of carboxylic acid groups (broad SMARTS) is 1. The SMILES string of the molecule is O=C(O)CCCNC1CCCc2sc(Cl)cc21. The quantitative estimate of drug-likeness (QED) is 0.810. The highest BCUT2D eigenvalue weighted by Crippen LogP contribution is 2.37. The lowest BCUT2D eigenvalue weighted by molar-refractivity contribution is -0.137. The van der Waals surface area contributed by atoms with E-state index in [0.29, 0.717) is 12.5 Å². The van der Waals surface area contributed by atoms with E-state index in [-0.39, 0.29) is 6.42 Å². The van der Waals surface area contributed by atoms with Crippen LogP contribution in [0.25, 0.3) is 0 Å². The molecule has 0 spiro atoms. The first-order valence-electron chi connectivity index (χ1n) is 5.90. The summed E-state index contributed by atoms with van der Waals surface area (Å²) in [5, 5.41) is 12.0. The number of halogens is 1. The topological polar surface area (TPSA) is 49.3 Å². The summed E-state index contributed by atoms with van der Waals surface area (Å²) >= 11 is 7.70. The first-order valence-corrected chi connectivity index (χ1v) is 7.09. The van der Waals surface area contributed by atoms with Crippen molar-refractivity contribution < 1.29 is 9.90 Å². The van der Waals surface area contributed by atoms with E-state index in [1.165, 1.54) is 16.9 Å². The summed E-state index contributed by atoms with van der Waals surface area (Å²) in [5.41, 5.74) is 1.32. The van der Waals surface area contributed by atoms with E-state index < -0.39 is 5.97 Å². The summed E-state index contributed by atoms with van der Waals surface area (Å²) in [5.74, 6) is -0.727. The maximum atomic E-state index is 10.4. The lowest BCUT2D eigenvalue weighted by Crippen LogP contribution is -2.25. The third-order valence-electron chi connectivity index (χ3n) is 3.04. The van der Waals surface area contributed by atoms with Crippen molar-refractivity contribution in [3.8, 4) is 0 Å². The Hall–Kier alpha value is -0.580. The summed E-state index contributed by atoms with van der Waals surface area (Å²) < 4.78 is 0.856. The van der Waals surface area contributed by atoms with Gasteiger partial charge in [-0.2, -0.15) is 0 Å². The predicted octanol–water partition coefficient (Wildman–Crippen LogP) is 3.23. The minimum atomic E-state index is -0.727. The Morgan fingerprint density at radius 1 is 1.65 bits per heavy atom. The summed E-state index contributed by atoms with van der Waals surface area (Å²) in [6.45, 7) is 0.754. The second-order valence-corrected chi connectivity index (χ2v) is 6.09. The normalized spacial score (nSPS) is 19.0. The van der Waals surface area contributed by atoms with Crippen LogP contribution < -0.4 is 5.32 Å². The second-order valence-electron chi connectivity index (χ2n) is 4.33. The van der Waals surface area contributed by atoms with Gasteiger partial charge in [-0.1, -0.05) is 11.6 Å². The molecule has 0 amide bonds. The highest BCUT2D eigenvalue weighted by Gasteiger charge is 2.21. The highest BCUT2D eigenvalue weighted by molar-refractivity contribution is 7.16. The zero-order valence-electron chi connectivity index (χ0n) is 9.54. The molecule has 0 fully saturated rings. The van der Waals surface area contributed by atoms with E-state index in [2.05, 4.69) is 11.4 Å². The Bertz CT molecular complexity index is 405. The Kier molecular flexibility index (Phi) is 4.42. The zero-order chi connectivity index (χ0) is 12.3. The Morgan fingerprint density at radius 2 is 2.47 bits per heavy atom. The predicted molar refractivity (Wildman–Crippen MR) is 69.9 cm³/mol. The van der Waals surface area contributed by atoms with Crippen LogP contribution in [0, 0.1) is 0 Å². The van der Waals surface area contributed by atoms with Crippen LogP contribution in [-0.4, -0.2) is 17.6 Å². The number of hydrogen-bond donors (Lipinski definition) is 2. The van der Waals surface area contributed by atoms with Gasteiger partial charge in [0.1, 0.15) is 0 Å². The molecule has 0 saturated heterocycles. The van der Waals surface area contributed by atoms with Gasteiger partial charge < -0.3 is 10.4 Å². The lowest BCUT2D eigenvalue weighted by atomic mass is 9.94. The number of carbonyl (C=O) groups is 1. The molecular formula is C12H16ClNO2S. The number of carboxylic acids is 1. The second kappa shape index (κ2) is 5.85. The Labute approximate surface area is 110 Å². The van der Waals surface area contributed by atoms with Gasteiger partial charge in [-0.05, 0) is 43.9 Å². The molecule has 0 saturated carbocycles. The first-order chi connectivity index (χ1) is 8.16. The highest BCUT2D eigenvalue weighted by atomic mass is 35.5. The molecule has 0 bridgehead atoms. The van der Waals surface area contributed by atoms with E-state index >= 15 is 0 Å². The fourth-order valence-electron chi connectivity index (χ4n) is 2.25.